The molecule has 0 fully saturated rings. The number of rotatable bonds is 5. The molecule has 0 amide bonds. The Labute approximate surface area is 137 Å². The molecule has 2 nitrogen and oxygen atoms in total. The molecule has 0 spiro atoms. The molecule has 118 valence electrons. The molecular formula is C19H24O2S. The van der Waals surface area contributed by atoms with Crippen molar-refractivity contribution in [3.05, 3.63) is 44.4 Å². The summed E-state index contributed by atoms with van der Waals surface area (Å²) in [5.41, 5.74) is 1.67. The van der Waals surface area contributed by atoms with Crippen molar-refractivity contribution in [2.45, 2.75) is 47.5 Å². The molecule has 1 aliphatic rings. The third kappa shape index (κ3) is 3.83. The molecule has 0 bridgehead atoms. The highest BCUT2D eigenvalue weighted by molar-refractivity contribution is 7.11. The number of hydrogen-bond donors (Lipinski definition) is 0. The fourth-order valence-electron chi connectivity index (χ4n) is 2.58. The molecule has 0 radical (unpaired) electrons. The van der Waals surface area contributed by atoms with Gasteiger partial charge in [0.2, 0.25) is 21.1 Å². The van der Waals surface area contributed by atoms with Gasteiger partial charge >= 0.3 is 0 Å². The summed E-state index contributed by atoms with van der Waals surface area (Å²) in [6.07, 6.45) is 3.82. The van der Waals surface area contributed by atoms with E-state index >= 15 is 0 Å². The summed E-state index contributed by atoms with van der Waals surface area (Å²) in [6, 6.07) is 4.24. The third-order valence-corrected chi connectivity index (χ3v) is 4.71. The number of carbonyl (C=O) groups is 1. The van der Waals surface area contributed by atoms with Gasteiger partial charge < -0.3 is 5.11 Å². The van der Waals surface area contributed by atoms with Crippen LogP contribution in [0, 0.1) is 11.8 Å². The fraction of sp³-hybridized carbons (Fsp3) is 0.474. The van der Waals surface area contributed by atoms with Crippen LogP contribution in [-0.2, 0) is 17.6 Å². The first-order valence-corrected chi connectivity index (χ1v) is 8.70. The summed E-state index contributed by atoms with van der Waals surface area (Å²) in [5.74, 6) is 0.976. The summed E-state index contributed by atoms with van der Waals surface area (Å²) in [7, 11) is 0. The molecular weight excluding hydrogens is 292 g/mol. The summed E-state index contributed by atoms with van der Waals surface area (Å²) >= 11 is 1.84. The zero-order chi connectivity index (χ0) is 16.4. The van der Waals surface area contributed by atoms with Gasteiger partial charge in [-0.1, -0.05) is 33.5 Å². The normalized spacial score (nSPS) is 16.9. The van der Waals surface area contributed by atoms with Gasteiger partial charge in [0.05, 0.1) is 0 Å². The zero-order valence-electron chi connectivity index (χ0n) is 14.0. The van der Waals surface area contributed by atoms with Crippen LogP contribution in [0.4, 0.5) is 0 Å². The number of Topliss-reactive ketones (excluding diaryl/α,β-unsaturated/α-hetero) is 1. The average molecular weight is 316 g/mol. The molecule has 0 N–H and O–H groups in total. The van der Waals surface area contributed by atoms with E-state index in [1.807, 2.05) is 11.3 Å². The van der Waals surface area contributed by atoms with Crippen LogP contribution in [0.3, 0.4) is 0 Å². The summed E-state index contributed by atoms with van der Waals surface area (Å²) in [4.78, 5) is 14.4. The first-order valence-electron chi connectivity index (χ1n) is 7.88. The van der Waals surface area contributed by atoms with Crippen LogP contribution in [0.15, 0.2) is 29.0 Å². The third-order valence-electron chi connectivity index (χ3n) is 3.62. The molecule has 0 unspecified atom stereocenters. The van der Waals surface area contributed by atoms with Gasteiger partial charge in [-0.25, -0.2) is 0 Å². The van der Waals surface area contributed by atoms with Crippen molar-refractivity contribution >= 4 is 23.2 Å². The van der Waals surface area contributed by atoms with Crippen molar-refractivity contribution in [3.63, 3.8) is 0 Å². The Balaban J connectivity index is 2.38. The van der Waals surface area contributed by atoms with E-state index in [0.717, 1.165) is 18.4 Å². The van der Waals surface area contributed by atoms with Crippen molar-refractivity contribution in [3.8, 4) is 0 Å². The molecule has 3 heteroatoms. The summed E-state index contributed by atoms with van der Waals surface area (Å²) in [5, 5.41) is 11.8. The highest BCUT2D eigenvalue weighted by atomic mass is 32.1. The van der Waals surface area contributed by atoms with Crippen LogP contribution < -0.4 is 5.11 Å². The minimum Gasteiger partial charge on any atom is -0.872 e. The van der Waals surface area contributed by atoms with E-state index in [1.54, 1.807) is 13.0 Å². The second-order valence-corrected chi connectivity index (χ2v) is 8.11. The Morgan fingerprint density at radius 3 is 2.00 bits per heavy atom. The Bertz CT molecular complexity index is 623. The van der Waals surface area contributed by atoms with Crippen LogP contribution in [0.2, 0.25) is 0 Å². The van der Waals surface area contributed by atoms with Crippen molar-refractivity contribution < 1.29 is 9.90 Å². The van der Waals surface area contributed by atoms with Crippen LogP contribution in [0.5, 0.6) is 0 Å². The number of carbonyl (C=O) groups excluding carboxylic acids is 1. The summed E-state index contributed by atoms with van der Waals surface area (Å²) < 4.78 is 0. The van der Waals surface area contributed by atoms with Crippen LogP contribution in [-0.4, -0.2) is 5.78 Å². The standard InChI is InChI=1S/C19H24O2S/c1-11(2)6-15-8-14(9-16(22-15)7-12(3)4)10-17-18(20)13(5)19(17)21/h8-12H,6-7H2,1-5H3. The monoisotopic (exact) mass is 316 g/mol. The average Bonchev–Trinajstić information content (AvgIpc) is 2.41. The number of hydrogen-bond acceptors (Lipinski definition) is 2. The molecule has 0 saturated carbocycles. The lowest BCUT2D eigenvalue weighted by Crippen LogP contribution is -2.28. The predicted octanol–water partition coefficient (Wildman–Crippen LogP) is 4.03. The maximum Gasteiger partial charge on any atom is 0.218 e. The van der Waals surface area contributed by atoms with Crippen molar-refractivity contribution in [1.82, 2.24) is 0 Å². The molecule has 0 atom stereocenters. The van der Waals surface area contributed by atoms with Gasteiger partial charge in [0.1, 0.15) is 0 Å². The molecule has 1 aliphatic carbocycles. The van der Waals surface area contributed by atoms with Gasteiger partial charge in [-0.2, -0.15) is 0 Å². The van der Waals surface area contributed by atoms with Gasteiger partial charge in [-0.3, -0.25) is 4.79 Å². The summed E-state index contributed by atoms with van der Waals surface area (Å²) in [6.45, 7) is 10.4. The molecule has 1 aromatic heterocycles. The van der Waals surface area contributed by atoms with Crippen molar-refractivity contribution in [1.29, 1.82) is 0 Å². The Kier molecular flexibility index (Phi) is 5.17. The molecule has 1 heterocycles. The van der Waals surface area contributed by atoms with Gasteiger partial charge in [-0.05, 0) is 36.0 Å². The Hall–Kier alpha value is -1.48. The SMILES string of the molecule is CC1=C([O-])C(=Cc2cc(CC(C)C)[s+]c(CC(C)C)c2)C1=O. The molecule has 2 rings (SSSR count). The second-order valence-electron chi connectivity index (χ2n) is 6.86. The first-order chi connectivity index (χ1) is 10.3. The van der Waals surface area contributed by atoms with Crippen LogP contribution in [0.1, 0.15) is 49.9 Å². The number of allylic oxidation sites excluding steroid dienone is 2. The highest BCUT2D eigenvalue weighted by Gasteiger charge is 2.24. The van der Waals surface area contributed by atoms with E-state index in [-0.39, 0.29) is 11.5 Å². The zero-order valence-corrected chi connectivity index (χ0v) is 14.8. The minimum atomic E-state index is -0.103. The maximum absolute atomic E-state index is 11.8. The van der Waals surface area contributed by atoms with Crippen molar-refractivity contribution in [2.24, 2.45) is 11.8 Å². The molecule has 22 heavy (non-hydrogen) atoms. The van der Waals surface area contributed by atoms with Crippen molar-refractivity contribution in [2.75, 3.05) is 0 Å². The van der Waals surface area contributed by atoms with E-state index in [0.29, 0.717) is 23.0 Å². The van der Waals surface area contributed by atoms with Gasteiger partial charge in [0, 0.05) is 30.5 Å². The molecule has 0 aliphatic heterocycles. The fourth-order valence-corrected chi connectivity index (χ4v) is 4.14. The highest BCUT2D eigenvalue weighted by Crippen LogP contribution is 2.30. The minimum absolute atomic E-state index is 0.103. The van der Waals surface area contributed by atoms with Gasteiger partial charge in [0.15, 0.2) is 5.78 Å². The van der Waals surface area contributed by atoms with E-state index in [4.69, 9.17) is 0 Å². The van der Waals surface area contributed by atoms with E-state index < -0.39 is 0 Å². The Morgan fingerprint density at radius 2 is 1.59 bits per heavy atom. The molecule has 1 aromatic rings. The smallest absolute Gasteiger partial charge is 0.218 e. The topological polar surface area (TPSA) is 40.1 Å². The quantitative estimate of drug-likeness (QED) is 0.608. The van der Waals surface area contributed by atoms with E-state index in [9.17, 15) is 9.90 Å². The predicted molar refractivity (Wildman–Crippen MR) is 91.5 cm³/mol. The lowest BCUT2D eigenvalue weighted by atomic mass is 9.88. The maximum atomic E-state index is 11.8. The lowest BCUT2D eigenvalue weighted by Gasteiger charge is -2.28. The largest absolute Gasteiger partial charge is 0.872 e. The van der Waals surface area contributed by atoms with E-state index in [2.05, 4.69) is 39.8 Å². The van der Waals surface area contributed by atoms with Crippen LogP contribution >= 0.6 is 11.3 Å². The lowest BCUT2D eigenvalue weighted by molar-refractivity contribution is -0.300. The van der Waals surface area contributed by atoms with E-state index in [1.165, 1.54) is 9.75 Å². The Morgan fingerprint density at radius 1 is 1.09 bits per heavy atom. The van der Waals surface area contributed by atoms with Gasteiger partial charge in [0.25, 0.3) is 0 Å². The second kappa shape index (κ2) is 6.74. The molecule has 0 aromatic carbocycles. The van der Waals surface area contributed by atoms with Crippen LogP contribution in [0.25, 0.3) is 6.08 Å². The first kappa shape index (κ1) is 16.9. The number of ketones is 1. The molecule has 0 saturated heterocycles. The van der Waals surface area contributed by atoms with Gasteiger partial charge in [-0.15, -0.1) is 0 Å².